The van der Waals surface area contributed by atoms with Crippen molar-refractivity contribution < 1.29 is 14.2 Å². The Morgan fingerprint density at radius 1 is 1.33 bits per heavy atom. The van der Waals surface area contributed by atoms with Gasteiger partial charge in [-0.3, -0.25) is 0 Å². The van der Waals surface area contributed by atoms with E-state index in [2.05, 4.69) is 19.2 Å². The minimum absolute atomic E-state index is 0.113. The first-order chi connectivity index (χ1) is 7.21. The number of rotatable bonds is 3. The highest BCUT2D eigenvalue weighted by Gasteiger charge is 2.36. The molecule has 2 fully saturated rings. The molecule has 3 atom stereocenters. The van der Waals surface area contributed by atoms with Crippen LogP contribution in [0.3, 0.4) is 0 Å². The summed E-state index contributed by atoms with van der Waals surface area (Å²) >= 11 is 0. The molecule has 4 heteroatoms. The molecule has 2 heterocycles. The summed E-state index contributed by atoms with van der Waals surface area (Å²) in [4.78, 5) is 0. The van der Waals surface area contributed by atoms with Crippen molar-refractivity contribution in [1.82, 2.24) is 5.32 Å². The number of ether oxygens (including phenoxy) is 3. The highest BCUT2D eigenvalue weighted by atomic mass is 16.7. The van der Waals surface area contributed by atoms with Crippen LogP contribution in [-0.4, -0.2) is 44.3 Å². The van der Waals surface area contributed by atoms with Crippen LogP contribution in [0.2, 0.25) is 0 Å². The van der Waals surface area contributed by atoms with Gasteiger partial charge in [0, 0.05) is 18.7 Å². The average Bonchev–Trinajstić information content (AvgIpc) is 2.59. The minimum Gasteiger partial charge on any atom is -0.377 e. The van der Waals surface area contributed by atoms with Gasteiger partial charge >= 0.3 is 0 Å². The van der Waals surface area contributed by atoms with Gasteiger partial charge in [0.1, 0.15) is 6.79 Å². The van der Waals surface area contributed by atoms with Crippen LogP contribution in [-0.2, 0) is 14.2 Å². The van der Waals surface area contributed by atoms with Crippen molar-refractivity contribution in [3.8, 4) is 0 Å². The lowest BCUT2D eigenvalue weighted by molar-refractivity contribution is -0.138. The molecule has 2 aliphatic heterocycles. The molecule has 1 N–H and O–H groups in total. The van der Waals surface area contributed by atoms with Crippen molar-refractivity contribution in [2.45, 2.75) is 44.4 Å². The van der Waals surface area contributed by atoms with Gasteiger partial charge in [0.25, 0.3) is 0 Å². The summed E-state index contributed by atoms with van der Waals surface area (Å²) in [7, 11) is 0. The van der Waals surface area contributed by atoms with Crippen LogP contribution in [0.15, 0.2) is 0 Å². The summed E-state index contributed by atoms with van der Waals surface area (Å²) in [5, 5.41) is 3.57. The van der Waals surface area contributed by atoms with E-state index in [0.29, 0.717) is 12.9 Å². The summed E-state index contributed by atoms with van der Waals surface area (Å²) in [6.07, 6.45) is 2.65. The van der Waals surface area contributed by atoms with Gasteiger partial charge in [-0.05, 0) is 26.7 Å². The van der Waals surface area contributed by atoms with Crippen molar-refractivity contribution in [3.05, 3.63) is 0 Å². The normalized spacial score (nSPS) is 42.0. The smallest absolute Gasteiger partial charge is 0.147 e. The van der Waals surface area contributed by atoms with Crippen LogP contribution in [0.25, 0.3) is 0 Å². The summed E-state index contributed by atoms with van der Waals surface area (Å²) in [6.45, 7) is 7.37. The minimum atomic E-state index is 0.113. The van der Waals surface area contributed by atoms with Crippen LogP contribution in [0.1, 0.15) is 26.7 Å². The van der Waals surface area contributed by atoms with E-state index in [1.54, 1.807) is 0 Å². The summed E-state index contributed by atoms with van der Waals surface area (Å²) in [6, 6.07) is 0. The number of hydrogen-bond acceptors (Lipinski definition) is 4. The Morgan fingerprint density at radius 2 is 2.20 bits per heavy atom. The van der Waals surface area contributed by atoms with Gasteiger partial charge in [0.15, 0.2) is 0 Å². The molecular weight excluding hydrogens is 194 g/mol. The first-order valence-electron chi connectivity index (χ1n) is 5.77. The topological polar surface area (TPSA) is 39.7 Å². The van der Waals surface area contributed by atoms with E-state index < -0.39 is 0 Å². The fourth-order valence-corrected chi connectivity index (χ4v) is 2.08. The molecule has 2 aliphatic rings. The van der Waals surface area contributed by atoms with Crippen LogP contribution >= 0.6 is 0 Å². The maximum Gasteiger partial charge on any atom is 0.147 e. The predicted molar refractivity (Wildman–Crippen MR) is 56.7 cm³/mol. The van der Waals surface area contributed by atoms with Gasteiger partial charge in [-0.25, -0.2) is 0 Å². The lowest BCUT2D eigenvalue weighted by Gasteiger charge is -2.32. The van der Waals surface area contributed by atoms with E-state index in [4.69, 9.17) is 14.2 Å². The van der Waals surface area contributed by atoms with E-state index >= 15 is 0 Å². The second-order valence-corrected chi connectivity index (χ2v) is 4.66. The van der Waals surface area contributed by atoms with E-state index in [-0.39, 0.29) is 11.6 Å². The fourth-order valence-electron chi connectivity index (χ4n) is 2.08. The molecule has 15 heavy (non-hydrogen) atoms. The van der Waals surface area contributed by atoms with Crippen molar-refractivity contribution in [2.24, 2.45) is 0 Å². The third-order valence-corrected chi connectivity index (χ3v) is 3.59. The van der Waals surface area contributed by atoms with Gasteiger partial charge in [-0.1, -0.05) is 0 Å². The van der Waals surface area contributed by atoms with Crippen LogP contribution in [0, 0.1) is 0 Å². The van der Waals surface area contributed by atoms with E-state index in [0.717, 1.165) is 32.6 Å². The largest absolute Gasteiger partial charge is 0.377 e. The lowest BCUT2D eigenvalue weighted by atomic mass is 9.94. The van der Waals surface area contributed by atoms with Crippen molar-refractivity contribution >= 4 is 0 Å². The molecule has 4 nitrogen and oxygen atoms in total. The Labute approximate surface area is 91.3 Å². The first-order valence-corrected chi connectivity index (χ1v) is 5.77. The van der Waals surface area contributed by atoms with Crippen LogP contribution in [0.4, 0.5) is 0 Å². The molecule has 0 aromatic rings. The molecule has 0 aromatic carbocycles. The average molecular weight is 215 g/mol. The molecule has 0 bridgehead atoms. The third kappa shape index (κ3) is 2.69. The Bertz CT molecular complexity index is 206. The molecule has 0 radical (unpaired) electrons. The highest BCUT2D eigenvalue weighted by Crippen LogP contribution is 2.25. The maximum absolute atomic E-state index is 5.58. The summed E-state index contributed by atoms with van der Waals surface area (Å²) < 4.78 is 16.2. The lowest BCUT2D eigenvalue weighted by Crippen LogP contribution is -2.51. The summed E-state index contributed by atoms with van der Waals surface area (Å²) in [5.74, 6) is 0. The zero-order valence-electron chi connectivity index (χ0n) is 9.62. The summed E-state index contributed by atoms with van der Waals surface area (Å²) in [5.41, 5.74) is 0.113. The third-order valence-electron chi connectivity index (χ3n) is 3.59. The highest BCUT2D eigenvalue weighted by molar-refractivity contribution is 4.94. The zero-order valence-corrected chi connectivity index (χ0v) is 9.62. The van der Waals surface area contributed by atoms with E-state index in [1.807, 2.05) is 0 Å². The fraction of sp³-hybridized carbons (Fsp3) is 1.00. The quantitative estimate of drug-likeness (QED) is 0.759. The van der Waals surface area contributed by atoms with Gasteiger partial charge in [-0.15, -0.1) is 0 Å². The Kier molecular flexibility index (Phi) is 3.61. The molecule has 2 saturated heterocycles. The number of nitrogens with one attached hydrogen (secondary N) is 1. The van der Waals surface area contributed by atoms with Crippen LogP contribution < -0.4 is 5.32 Å². The molecule has 2 rings (SSSR count). The van der Waals surface area contributed by atoms with E-state index in [9.17, 15) is 0 Å². The monoisotopic (exact) mass is 215 g/mol. The Morgan fingerprint density at radius 3 is 2.80 bits per heavy atom. The van der Waals surface area contributed by atoms with Crippen LogP contribution in [0.5, 0.6) is 0 Å². The Hall–Kier alpha value is -0.160. The van der Waals surface area contributed by atoms with Crippen molar-refractivity contribution in [2.75, 3.05) is 26.6 Å². The van der Waals surface area contributed by atoms with Gasteiger partial charge in [0.05, 0.1) is 18.8 Å². The molecular formula is C11H21NO3. The molecule has 0 saturated carbocycles. The maximum atomic E-state index is 5.58. The molecule has 0 spiro atoms. The predicted octanol–water partition coefficient (Wildman–Crippen LogP) is 0.906. The zero-order chi connectivity index (χ0) is 10.7. The Balaban J connectivity index is 1.76. The molecule has 88 valence electrons. The number of hydrogen-bond donors (Lipinski definition) is 1. The van der Waals surface area contributed by atoms with Gasteiger partial charge in [0.2, 0.25) is 0 Å². The molecule has 0 amide bonds. The van der Waals surface area contributed by atoms with Gasteiger partial charge < -0.3 is 19.5 Å². The second-order valence-electron chi connectivity index (χ2n) is 4.66. The SMILES string of the molecule is CC1OCCC1(C)NCC1CCOCO1. The molecule has 0 aliphatic carbocycles. The van der Waals surface area contributed by atoms with Crippen molar-refractivity contribution in [1.29, 1.82) is 0 Å². The second kappa shape index (κ2) is 4.78. The molecule has 3 unspecified atom stereocenters. The standard InChI is InChI=1S/C11H21NO3/c1-9-11(2,4-6-14-9)12-7-10-3-5-13-8-15-10/h9-10,12H,3-8H2,1-2H3. The van der Waals surface area contributed by atoms with Gasteiger partial charge in [-0.2, -0.15) is 0 Å². The van der Waals surface area contributed by atoms with E-state index in [1.165, 1.54) is 0 Å². The first kappa shape index (κ1) is 11.3. The molecule has 0 aromatic heterocycles. The van der Waals surface area contributed by atoms with Crippen molar-refractivity contribution in [3.63, 3.8) is 0 Å².